The van der Waals surface area contributed by atoms with Gasteiger partial charge >= 0.3 is 0 Å². The Kier molecular flexibility index (Phi) is 2.70. The SMILES string of the molecule is C#C[C@H]1O[C@H](C)[C@H](O)[C@H](O)[C@H]1O. The average molecular weight is 172 g/mol. The van der Waals surface area contributed by atoms with E-state index < -0.39 is 30.5 Å². The summed E-state index contributed by atoms with van der Waals surface area (Å²) in [7, 11) is 0. The molecule has 0 aromatic rings. The molecule has 3 N–H and O–H groups in total. The third-order valence-electron chi connectivity index (χ3n) is 2.02. The van der Waals surface area contributed by atoms with Crippen LogP contribution in [0.5, 0.6) is 0 Å². The Labute approximate surface area is 70.8 Å². The summed E-state index contributed by atoms with van der Waals surface area (Å²) in [4.78, 5) is 0. The number of ether oxygens (including phenoxy) is 1. The molecule has 12 heavy (non-hydrogen) atoms. The van der Waals surface area contributed by atoms with Crippen molar-refractivity contribution in [2.45, 2.75) is 37.4 Å². The van der Waals surface area contributed by atoms with Gasteiger partial charge < -0.3 is 20.1 Å². The molecule has 5 atom stereocenters. The van der Waals surface area contributed by atoms with Gasteiger partial charge in [-0.1, -0.05) is 5.92 Å². The molecule has 1 fully saturated rings. The maximum Gasteiger partial charge on any atom is 0.146 e. The van der Waals surface area contributed by atoms with Crippen molar-refractivity contribution in [2.24, 2.45) is 0 Å². The van der Waals surface area contributed by atoms with Crippen LogP contribution >= 0.6 is 0 Å². The molecule has 0 aromatic heterocycles. The predicted molar refractivity (Wildman–Crippen MR) is 41.2 cm³/mol. The fourth-order valence-electron chi connectivity index (χ4n) is 1.19. The fraction of sp³-hybridized carbons (Fsp3) is 0.750. The highest BCUT2D eigenvalue weighted by atomic mass is 16.5. The fourth-order valence-corrected chi connectivity index (χ4v) is 1.19. The van der Waals surface area contributed by atoms with Gasteiger partial charge in [-0.25, -0.2) is 0 Å². The number of terminal acetylenes is 1. The van der Waals surface area contributed by atoms with E-state index in [1.165, 1.54) is 0 Å². The van der Waals surface area contributed by atoms with Gasteiger partial charge in [0.1, 0.15) is 24.4 Å². The maximum atomic E-state index is 9.25. The van der Waals surface area contributed by atoms with Gasteiger partial charge in [0, 0.05) is 0 Å². The minimum atomic E-state index is -1.23. The molecular formula is C8H12O4. The molecular weight excluding hydrogens is 160 g/mol. The minimum absolute atomic E-state index is 0.551. The number of hydrogen-bond donors (Lipinski definition) is 3. The first kappa shape index (κ1) is 9.49. The Bertz CT molecular complexity index is 198. The summed E-state index contributed by atoms with van der Waals surface area (Å²) in [5.74, 6) is 2.19. The van der Waals surface area contributed by atoms with E-state index in [1.54, 1.807) is 6.92 Å². The van der Waals surface area contributed by atoms with Gasteiger partial charge in [0.2, 0.25) is 0 Å². The minimum Gasteiger partial charge on any atom is -0.388 e. The summed E-state index contributed by atoms with van der Waals surface area (Å²) in [6.07, 6.45) is 0.136. The van der Waals surface area contributed by atoms with Gasteiger partial charge in [0.15, 0.2) is 0 Å². The van der Waals surface area contributed by atoms with E-state index in [1.807, 2.05) is 0 Å². The lowest BCUT2D eigenvalue weighted by atomic mass is 9.96. The predicted octanol–water partition coefficient (Wildman–Crippen LogP) is -1.51. The van der Waals surface area contributed by atoms with Crippen LogP contribution in [0.3, 0.4) is 0 Å². The van der Waals surface area contributed by atoms with Crippen LogP contribution in [0.4, 0.5) is 0 Å². The van der Waals surface area contributed by atoms with Gasteiger partial charge in [-0.15, -0.1) is 6.42 Å². The maximum absolute atomic E-state index is 9.25. The zero-order valence-corrected chi connectivity index (χ0v) is 6.71. The summed E-state index contributed by atoms with van der Waals surface area (Å²) in [6, 6.07) is 0. The quantitative estimate of drug-likeness (QED) is 0.388. The molecule has 4 nitrogen and oxygen atoms in total. The molecule has 0 unspecified atom stereocenters. The second-order valence-electron chi connectivity index (χ2n) is 2.90. The molecule has 0 spiro atoms. The molecule has 1 aliphatic heterocycles. The van der Waals surface area contributed by atoms with Crippen LogP contribution in [-0.2, 0) is 4.74 Å². The zero-order valence-electron chi connectivity index (χ0n) is 6.71. The molecule has 4 heteroatoms. The lowest BCUT2D eigenvalue weighted by molar-refractivity contribution is -0.201. The lowest BCUT2D eigenvalue weighted by Crippen LogP contribution is -2.56. The Hall–Kier alpha value is -0.600. The summed E-state index contributed by atoms with van der Waals surface area (Å²) in [5, 5.41) is 27.7. The normalized spacial score (nSPS) is 48.4. The molecule has 1 aliphatic rings. The second-order valence-corrected chi connectivity index (χ2v) is 2.90. The first-order chi connectivity index (χ1) is 5.57. The van der Waals surface area contributed by atoms with E-state index in [0.717, 1.165) is 0 Å². The Morgan fingerprint density at radius 3 is 2.25 bits per heavy atom. The smallest absolute Gasteiger partial charge is 0.146 e. The van der Waals surface area contributed by atoms with Crippen LogP contribution in [0, 0.1) is 12.3 Å². The van der Waals surface area contributed by atoms with Crippen LogP contribution in [0.1, 0.15) is 6.92 Å². The van der Waals surface area contributed by atoms with E-state index >= 15 is 0 Å². The largest absolute Gasteiger partial charge is 0.388 e. The average Bonchev–Trinajstić information content (AvgIpc) is 2.08. The van der Waals surface area contributed by atoms with Crippen molar-refractivity contribution in [3.63, 3.8) is 0 Å². The van der Waals surface area contributed by atoms with Gasteiger partial charge in [0.05, 0.1) is 6.10 Å². The van der Waals surface area contributed by atoms with Crippen molar-refractivity contribution in [1.29, 1.82) is 0 Å². The summed E-state index contributed by atoms with van der Waals surface area (Å²) < 4.78 is 5.03. The van der Waals surface area contributed by atoms with Gasteiger partial charge in [-0.3, -0.25) is 0 Å². The van der Waals surface area contributed by atoms with E-state index in [2.05, 4.69) is 5.92 Å². The van der Waals surface area contributed by atoms with Gasteiger partial charge in [-0.2, -0.15) is 0 Å². The molecule has 0 aromatic carbocycles. The van der Waals surface area contributed by atoms with Gasteiger partial charge in [-0.05, 0) is 6.92 Å². The Morgan fingerprint density at radius 2 is 1.75 bits per heavy atom. The molecule has 0 radical (unpaired) electrons. The second kappa shape index (κ2) is 3.42. The lowest BCUT2D eigenvalue weighted by Gasteiger charge is -2.37. The topological polar surface area (TPSA) is 69.9 Å². The van der Waals surface area contributed by atoms with E-state index in [9.17, 15) is 15.3 Å². The molecule has 0 aliphatic carbocycles. The molecule has 68 valence electrons. The monoisotopic (exact) mass is 172 g/mol. The number of hydrogen-bond acceptors (Lipinski definition) is 4. The van der Waals surface area contributed by atoms with Crippen molar-refractivity contribution < 1.29 is 20.1 Å². The molecule has 1 rings (SSSR count). The highest BCUT2D eigenvalue weighted by molar-refractivity contribution is 5.05. The van der Waals surface area contributed by atoms with Crippen LogP contribution in [0.25, 0.3) is 0 Å². The molecule has 0 bridgehead atoms. The summed E-state index contributed by atoms with van der Waals surface area (Å²) in [5.41, 5.74) is 0. The van der Waals surface area contributed by atoms with Crippen molar-refractivity contribution in [2.75, 3.05) is 0 Å². The summed E-state index contributed by atoms with van der Waals surface area (Å²) >= 11 is 0. The van der Waals surface area contributed by atoms with Crippen LogP contribution in [0.15, 0.2) is 0 Å². The highest BCUT2D eigenvalue weighted by Crippen LogP contribution is 2.19. The van der Waals surface area contributed by atoms with Crippen LogP contribution in [0.2, 0.25) is 0 Å². The number of aliphatic hydroxyl groups excluding tert-OH is 3. The van der Waals surface area contributed by atoms with Crippen LogP contribution in [-0.4, -0.2) is 45.8 Å². The third kappa shape index (κ3) is 1.45. The molecule has 0 saturated carbocycles. The number of rotatable bonds is 0. The summed E-state index contributed by atoms with van der Waals surface area (Å²) in [6.45, 7) is 1.59. The molecule has 1 saturated heterocycles. The van der Waals surface area contributed by atoms with E-state index in [4.69, 9.17) is 11.2 Å². The number of aliphatic hydroxyl groups is 3. The molecule has 1 heterocycles. The highest BCUT2D eigenvalue weighted by Gasteiger charge is 2.40. The van der Waals surface area contributed by atoms with Gasteiger partial charge in [0.25, 0.3) is 0 Å². The first-order valence-corrected chi connectivity index (χ1v) is 3.73. The zero-order chi connectivity index (χ0) is 9.30. The molecule has 0 amide bonds. The van der Waals surface area contributed by atoms with Crippen molar-refractivity contribution in [1.82, 2.24) is 0 Å². The van der Waals surface area contributed by atoms with E-state index in [-0.39, 0.29) is 0 Å². The Morgan fingerprint density at radius 1 is 1.17 bits per heavy atom. The standard InChI is InChI=1S/C8H12O4/c1-3-5-7(10)8(11)6(9)4(2)12-5/h1,4-11H,2H3/t4-,5-,6+,7+,8+/m1/s1. The van der Waals surface area contributed by atoms with Crippen LogP contribution < -0.4 is 0 Å². The first-order valence-electron chi connectivity index (χ1n) is 3.73. The van der Waals surface area contributed by atoms with Crippen molar-refractivity contribution in [3.8, 4) is 12.3 Å². The van der Waals surface area contributed by atoms with E-state index in [0.29, 0.717) is 0 Å². The Balaban J connectivity index is 2.72. The van der Waals surface area contributed by atoms with Crippen molar-refractivity contribution in [3.05, 3.63) is 0 Å². The third-order valence-corrected chi connectivity index (χ3v) is 2.02. The van der Waals surface area contributed by atoms with Crippen molar-refractivity contribution >= 4 is 0 Å².